The zero-order valence-corrected chi connectivity index (χ0v) is 27.6. The van der Waals surface area contributed by atoms with Crippen molar-refractivity contribution in [2.45, 2.75) is 65.5 Å². The number of carbonyl (C=O) groups is 2. The first-order valence-corrected chi connectivity index (χ1v) is 17.1. The first kappa shape index (κ1) is 34.4. The quantitative estimate of drug-likeness (QED) is 0.186. The van der Waals surface area contributed by atoms with Crippen LogP contribution in [-0.2, 0) is 32.6 Å². The highest BCUT2D eigenvalue weighted by Crippen LogP contribution is 2.26. The Morgan fingerprint density at radius 2 is 1.63 bits per heavy atom. The number of aryl methyl sites for hydroxylation is 2. The molecule has 0 radical (unpaired) electrons. The minimum Gasteiger partial charge on any atom is -0.354 e. The molecule has 0 saturated carbocycles. The molecular weight excluding hydrogens is 605 g/mol. The number of amides is 2. The minimum absolute atomic E-state index is 0.0474. The molecule has 3 rings (SSSR count). The van der Waals surface area contributed by atoms with Crippen LogP contribution in [0.1, 0.15) is 54.9 Å². The van der Waals surface area contributed by atoms with E-state index in [1.807, 2.05) is 69.3 Å². The molecule has 7 nitrogen and oxygen atoms in total. The number of nitrogens with zero attached hydrogens (tertiary/aromatic N) is 2. The number of hydrogen-bond donors (Lipinski definition) is 1. The van der Waals surface area contributed by atoms with Crippen LogP contribution >= 0.6 is 23.2 Å². The van der Waals surface area contributed by atoms with Crippen LogP contribution in [0.2, 0.25) is 10.0 Å². The molecule has 1 unspecified atom stereocenters. The van der Waals surface area contributed by atoms with Crippen molar-refractivity contribution in [3.63, 3.8) is 0 Å². The number of nitrogens with one attached hydrogen (secondary N) is 1. The van der Waals surface area contributed by atoms with Crippen molar-refractivity contribution in [1.29, 1.82) is 0 Å². The van der Waals surface area contributed by atoms with Gasteiger partial charge in [0.05, 0.1) is 22.0 Å². The van der Waals surface area contributed by atoms with Crippen molar-refractivity contribution in [1.82, 2.24) is 10.2 Å². The van der Waals surface area contributed by atoms with Gasteiger partial charge in [-0.1, -0.05) is 85.1 Å². The highest BCUT2D eigenvalue weighted by atomic mass is 35.5. The van der Waals surface area contributed by atoms with Crippen LogP contribution in [0.5, 0.6) is 0 Å². The largest absolute Gasteiger partial charge is 0.354 e. The van der Waals surface area contributed by atoms with E-state index in [1.165, 1.54) is 10.6 Å². The molecule has 0 heterocycles. The number of anilines is 1. The van der Waals surface area contributed by atoms with Crippen molar-refractivity contribution < 1.29 is 18.0 Å². The SMILES string of the molecule is CCCCNC(=O)C(Cc1ccccc1)N(Cc1ccc(Cl)c(Cl)c1)C(=O)CCCN(c1cc(C)ccc1C)S(C)(=O)=O. The standard InChI is InChI=1S/C33H41Cl2N3O4S/c1-5-6-18-36-33(40)31(22-26-11-8-7-9-12-26)37(23-27-16-17-28(34)29(35)21-27)32(39)13-10-19-38(43(4,41)42)30-20-24(2)14-15-25(30)3/h7-9,11-12,14-17,20-21,31H,5-6,10,13,18-19,22-23H2,1-4H3,(H,36,40). The van der Waals surface area contributed by atoms with E-state index in [0.717, 1.165) is 35.1 Å². The Labute approximate surface area is 266 Å². The lowest BCUT2D eigenvalue weighted by Crippen LogP contribution is -2.50. The molecule has 3 aromatic carbocycles. The smallest absolute Gasteiger partial charge is 0.243 e. The van der Waals surface area contributed by atoms with Gasteiger partial charge in [0.15, 0.2) is 0 Å². The molecule has 0 aliphatic heterocycles. The summed E-state index contributed by atoms with van der Waals surface area (Å²) in [7, 11) is -3.60. The van der Waals surface area contributed by atoms with Crippen LogP contribution in [0.15, 0.2) is 66.7 Å². The molecule has 0 spiro atoms. The number of unbranched alkanes of at least 4 members (excludes halogenated alkanes) is 1. The van der Waals surface area contributed by atoms with Gasteiger partial charge in [-0.15, -0.1) is 0 Å². The zero-order chi connectivity index (χ0) is 31.6. The summed E-state index contributed by atoms with van der Waals surface area (Å²) < 4.78 is 26.9. The summed E-state index contributed by atoms with van der Waals surface area (Å²) in [5.74, 6) is -0.495. The first-order valence-electron chi connectivity index (χ1n) is 14.5. The van der Waals surface area contributed by atoms with Gasteiger partial charge in [0.1, 0.15) is 6.04 Å². The van der Waals surface area contributed by atoms with Crippen LogP contribution in [0.3, 0.4) is 0 Å². The third-order valence-electron chi connectivity index (χ3n) is 7.22. The van der Waals surface area contributed by atoms with E-state index in [4.69, 9.17) is 23.2 Å². The van der Waals surface area contributed by atoms with Gasteiger partial charge in [0.25, 0.3) is 0 Å². The fraction of sp³-hybridized carbons (Fsp3) is 0.394. The Balaban J connectivity index is 1.91. The predicted octanol–water partition coefficient (Wildman–Crippen LogP) is 6.71. The first-order chi connectivity index (χ1) is 20.4. The summed E-state index contributed by atoms with van der Waals surface area (Å²) in [4.78, 5) is 29.2. The van der Waals surface area contributed by atoms with Crippen LogP contribution in [0, 0.1) is 13.8 Å². The maximum Gasteiger partial charge on any atom is 0.243 e. The second-order valence-corrected chi connectivity index (χ2v) is 13.6. The number of rotatable bonds is 15. The maximum absolute atomic E-state index is 14.0. The second kappa shape index (κ2) is 16.1. The summed E-state index contributed by atoms with van der Waals surface area (Å²) in [5.41, 5.74) is 4.02. The third-order valence-corrected chi connectivity index (χ3v) is 9.14. The predicted molar refractivity (Wildman–Crippen MR) is 176 cm³/mol. The highest BCUT2D eigenvalue weighted by Gasteiger charge is 2.30. The van der Waals surface area contributed by atoms with Crippen molar-refractivity contribution in [3.8, 4) is 0 Å². The number of sulfonamides is 1. The summed E-state index contributed by atoms with van der Waals surface area (Å²) in [6.45, 7) is 6.59. The summed E-state index contributed by atoms with van der Waals surface area (Å²) in [5, 5.41) is 3.76. The van der Waals surface area contributed by atoms with Crippen molar-refractivity contribution in [2.24, 2.45) is 0 Å². The average molecular weight is 647 g/mol. The van der Waals surface area contributed by atoms with E-state index in [2.05, 4.69) is 5.32 Å². The van der Waals surface area contributed by atoms with E-state index >= 15 is 0 Å². The lowest BCUT2D eigenvalue weighted by Gasteiger charge is -2.32. The van der Waals surface area contributed by atoms with Gasteiger partial charge in [-0.25, -0.2) is 8.42 Å². The lowest BCUT2D eigenvalue weighted by atomic mass is 10.0. The van der Waals surface area contributed by atoms with Gasteiger partial charge in [0.2, 0.25) is 21.8 Å². The normalized spacial score (nSPS) is 12.0. The van der Waals surface area contributed by atoms with Gasteiger partial charge < -0.3 is 10.2 Å². The summed E-state index contributed by atoms with van der Waals surface area (Å²) in [6.07, 6.45) is 3.56. The minimum atomic E-state index is -3.60. The van der Waals surface area contributed by atoms with Crippen LogP contribution in [0.4, 0.5) is 5.69 Å². The Bertz CT molecular complexity index is 1500. The van der Waals surface area contributed by atoms with E-state index < -0.39 is 16.1 Å². The molecule has 43 heavy (non-hydrogen) atoms. The van der Waals surface area contributed by atoms with E-state index in [0.29, 0.717) is 28.7 Å². The molecule has 10 heteroatoms. The van der Waals surface area contributed by atoms with Crippen LogP contribution in [-0.4, -0.2) is 50.5 Å². The maximum atomic E-state index is 14.0. The molecule has 2 amide bonds. The second-order valence-electron chi connectivity index (χ2n) is 10.8. The van der Waals surface area contributed by atoms with Crippen molar-refractivity contribution >= 4 is 50.7 Å². The molecule has 0 saturated heterocycles. The van der Waals surface area contributed by atoms with Crippen molar-refractivity contribution in [3.05, 3.63) is 99.0 Å². The van der Waals surface area contributed by atoms with Gasteiger partial charge >= 0.3 is 0 Å². The Kier molecular flexibility index (Phi) is 12.9. The molecule has 3 aromatic rings. The molecule has 0 aliphatic carbocycles. The number of hydrogen-bond acceptors (Lipinski definition) is 4. The van der Waals surface area contributed by atoms with Crippen molar-refractivity contribution in [2.75, 3.05) is 23.7 Å². The number of benzene rings is 3. The summed E-state index contributed by atoms with van der Waals surface area (Å²) >= 11 is 12.4. The molecule has 1 N–H and O–H groups in total. The molecule has 0 fully saturated rings. The average Bonchev–Trinajstić information content (AvgIpc) is 2.96. The molecular formula is C33H41Cl2N3O4S. The topological polar surface area (TPSA) is 86.8 Å². The Morgan fingerprint density at radius 1 is 0.907 bits per heavy atom. The van der Waals surface area contributed by atoms with Gasteiger partial charge in [0, 0.05) is 32.5 Å². The third kappa shape index (κ3) is 10.3. The number of halogens is 2. The Hall–Kier alpha value is -3.07. The van der Waals surface area contributed by atoms with E-state index in [9.17, 15) is 18.0 Å². The molecule has 232 valence electrons. The Morgan fingerprint density at radius 3 is 2.28 bits per heavy atom. The summed E-state index contributed by atoms with van der Waals surface area (Å²) in [6, 6.07) is 19.6. The highest BCUT2D eigenvalue weighted by molar-refractivity contribution is 7.92. The zero-order valence-electron chi connectivity index (χ0n) is 25.3. The van der Waals surface area contributed by atoms with E-state index in [1.54, 1.807) is 23.1 Å². The van der Waals surface area contributed by atoms with Crippen LogP contribution < -0.4 is 9.62 Å². The van der Waals surface area contributed by atoms with Crippen LogP contribution in [0.25, 0.3) is 0 Å². The monoisotopic (exact) mass is 645 g/mol. The van der Waals surface area contributed by atoms with Gasteiger partial charge in [-0.2, -0.15) is 0 Å². The number of carbonyl (C=O) groups excluding carboxylic acids is 2. The molecule has 0 aliphatic rings. The molecule has 0 aromatic heterocycles. The molecule has 1 atom stereocenters. The lowest BCUT2D eigenvalue weighted by molar-refractivity contribution is -0.141. The van der Waals surface area contributed by atoms with E-state index in [-0.39, 0.29) is 37.7 Å². The molecule has 0 bridgehead atoms. The van der Waals surface area contributed by atoms with Gasteiger partial charge in [-0.05, 0) is 67.1 Å². The fourth-order valence-corrected chi connectivity index (χ4v) is 6.20. The van der Waals surface area contributed by atoms with Gasteiger partial charge in [-0.3, -0.25) is 13.9 Å². The fourth-order valence-electron chi connectivity index (χ4n) is 4.87.